The maximum atomic E-state index is 14.3. The van der Waals surface area contributed by atoms with Crippen molar-refractivity contribution < 1.29 is 41.4 Å². The van der Waals surface area contributed by atoms with Crippen LogP contribution in [0.1, 0.15) is 34.6 Å². The highest BCUT2D eigenvalue weighted by atomic mass is 35.5. The maximum Gasteiger partial charge on any atom is 0.339 e. The van der Waals surface area contributed by atoms with Crippen LogP contribution < -0.4 is 19.7 Å². The molecule has 2 aromatic carbocycles. The third-order valence-corrected chi connectivity index (χ3v) is 11.1. The molecule has 4 aromatic rings. The topological polar surface area (TPSA) is 202 Å². The van der Waals surface area contributed by atoms with Gasteiger partial charge in [-0.25, -0.2) is 46.8 Å². The molecule has 1 fully saturated rings. The van der Waals surface area contributed by atoms with Gasteiger partial charge in [-0.3, -0.25) is 19.6 Å². The number of methoxy groups -OCH3 is 1. The summed E-state index contributed by atoms with van der Waals surface area (Å²) in [6, 6.07) is 8.73. The van der Waals surface area contributed by atoms with Crippen molar-refractivity contribution in [2.24, 2.45) is 4.99 Å². The molecule has 0 aliphatic carbocycles. The van der Waals surface area contributed by atoms with Gasteiger partial charge in [-0.15, -0.1) is 11.8 Å². The molecule has 1 saturated heterocycles. The normalized spacial score (nSPS) is 14.2. The number of fused-ring (bicyclic) bond motifs is 1. The van der Waals surface area contributed by atoms with E-state index in [-0.39, 0.29) is 51.0 Å². The Kier molecular flexibility index (Phi) is 13.0. The lowest BCUT2D eigenvalue weighted by Crippen LogP contribution is -2.39. The number of urea groups is 1. The van der Waals surface area contributed by atoms with Crippen molar-refractivity contribution in [1.82, 2.24) is 24.1 Å². The lowest BCUT2D eigenvalue weighted by atomic mass is 10.2. The molecule has 0 bridgehead atoms. The summed E-state index contributed by atoms with van der Waals surface area (Å²) < 4.78 is 59.4. The third-order valence-electron chi connectivity index (χ3n) is 7.39. The summed E-state index contributed by atoms with van der Waals surface area (Å²) in [5.74, 6) is -1.77. The molecule has 2 aliphatic rings. The molecule has 2 aliphatic heterocycles. The number of halogens is 2. The summed E-state index contributed by atoms with van der Waals surface area (Å²) >= 11 is 8.17. The molecule has 0 unspecified atom stereocenters. The van der Waals surface area contributed by atoms with Gasteiger partial charge in [0.25, 0.3) is 10.0 Å². The number of carbonyl (C=O) groups excluding carboxylic acids is 3. The average molecular weight is 810 g/mol. The van der Waals surface area contributed by atoms with Gasteiger partial charge in [-0.05, 0) is 68.4 Å². The summed E-state index contributed by atoms with van der Waals surface area (Å²) in [7, 11) is -3.05. The zero-order chi connectivity index (χ0) is 38.3. The number of sulfonamides is 1. The highest BCUT2D eigenvalue weighted by Crippen LogP contribution is 2.33. The number of aryl methyl sites for hydroxylation is 2. The molecule has 2 N–H and O–H groups in total. The Labute approximate surface area is 315 Å². The zero-order valence-corrected chi connectivity index (χ0v) is 31.7. The van der Waals surface area contributed by atoms with Crippen LogP contribution in [0.3, 0.4) is 0 Å². The van der Waals surface area contributed by atoms with E-state index in [9.17, 15) is 32.0 Å². The Hall–Kier alpha value is -4.63. The Morgan fingerprint density at radius 3 is 2.43 bits per heavy atom. The second kappa shape index (κ2) is 17.5. The van der Waals surface area contributed by atoms with Crippen LogP contribution in [0.25, 0.3) is 0 Å². The lowest BCUT2D eigenvalue weighted by molar-refractivity contribution is -0.137. The minimum absolute atomic E-state index is 0.0390. The largest absolute Gasteiger partial charge is 0.468 e. The fourth-order valence-corrected chi connectivity index (χ4v) is 7.97. The molecule has 0 spiro atoms. The summed E-state index contributed by atoms with van der Waals surface area (Å²) in [5, 5.41) is 2.46. The fraction of sp³-hybridized carbons (Fsp3) is 0.344. The van der Waals surface area contributed by atoms with Crippen molar-refractivity contribution in [3.8, 4) is 0 Å². The molecule has 2 amide bonds. The number of ether oxygens (including phenoxy) is 3. The number of nitrogens with one attached hydrogen (secondary N) is 2. The molecule has 282 valence electrons. The van der Waals surface area contributed by atoms with Crippen molar-refractivity contribution >= 4 is 74.3 Å². The van der Waals surface area contributed by atoms with Crippen LogP contribution in [0, 0.1) is 19.7 Å². The number of nitrogens with zero attached hydrogens (tertiary/aromatic N) is 5. The number of anilines is 1. The van der Waals surface area contributed by atoms with Crippen molar-refractivity contribution in [3.05, 3.63) is 84.7 Å². The van der Waals surface area contributed by atoms with Crippen LogP contribution in [-0.4, -0.2) is 77.9 Å². The molecule has 21 heteroatoms. The molecular formula is C32H33ClFN7O9S3. The second-order valence-corrected chi connectivity index (χ2v) is 15.4. The van der Waals surface area contributed by atoms with E-state index in [1.54, 1.807) is 29.3 Å². The maximum absolute atomic E-state index is 14.3. The molecular weight excluding hydrogens is 777 g/mol. The predicted octanol–water partition coefficient (Wildman–Crippen LogP) is 3.95. The second-order valence-electron chi connectivity index (χ2n) is 11.4. The Morgan fingerprint density at radius 1 is 1.09 bits per heavy atom. The van der Waals surface area contributed by atoms with Crippen molar-refractivity contribution in [2.75, 3.05) is 31.4 Å². The number of amides is 2. The van der Waals surface area contributed by atoms with Crippen molar-refractivity contribution in [1.29, 1.82) is 0 Å². The quantitative estimate of drug-likeness (QED) is 0.182. The highest BCUT2D eigenvalue weighted by molar-refractivity contribution is 8.00. The number of rotatable bonds is 9. The van der Waals surface area contributed by atoms with Crippen LogP contribution in [0.2, 0.25) is 5.02 Å². The summed E-state index contributed by atoms with van der Waals surface area (Å²) in [5.41, 5.74) is 1.12. The lowest BCUT2D eigenvalue weighted by Gasteiger charge is -2.25. The van der Waals surface area contributed by atoms with E-state index in [1.807, 2.05) is 4.72 Å². The minimum atomic E-state index is -4.35. The van der Waals surface area contributed by atoms with Crippen LogP contribution >= 0.6 is 34.7 Å². The Balaban J connectivity index is 0.000000206. The first-order valence-electron chi connectivity index (χ1n) is 15.8. The van der Waals surface area contributed by atoms with E-state index in [0.717, 1.165) is 42.0 Å². The van der Waals surface area contributed by atoms with Gasteiger partial charge >= 0.3 is 22.8 Å². The van der Waals surface area contributed by atoms with Crippen LogP contribution in [0.15, 0.2) is 62.0 Å². The van der Waals surface area contributed by atoms with Gasteiger partial charge in [-0.1, -0.05) is 23.7 Å². The van der Waals surface area contributed by atoms with Gasteiger partial charge in [0.1, 0.15) is 22.5 Å². The van der Waals surface area contributed by atoms with E-state index in [4.69, 9.17) is 21.1 Å². The fourth-order valence-electron chi connectivity index (χ4n) is 4.88. The number of hydrogen-bond acceptors (Lipinski definition) is 14. The van der Waals surface area contributed by atoms with Gasteiger partial charge in [0, 0.05) is 29.4 Å². The van der Waals surface area contributed by atoms with E-state index in [1.165, 1.54) is 37.4 Å². The minimum Gasteiger partial charge on any atom is -0.468 e. The summed E-state index contributed by atoms with van der Waals surface area (Å²) in [4.78, 5) is 60.5. The van der Waals surface area contributed by atoms with Gasteiger partial charge in [0.05, 0.1) is 36.7 Å². The number of thioether (sulfide) groups is 1. The van der Waals surface area contributed by atoms with Crippen LogP contribution in [0.4, 0.5) is 20.8 Å². The standard InChI is InChI=1S/C17H18N4O6S.C15H15ClFN3O3S2/c1-10-7-11(2)19-16(18-10)20-17(23)21-28(24,25)14-6-4-3-5-13(14)15(22)27-12-8-26-9-12;1-23-13(21)8-24-12-7-11(10(17)6-9(12)16)18-14-19-4-2-3-5-20(19)15(22)25-14/h3-7,12H,8-9H2,1-2H3,(H2,18,19,20,21,23);6-7H,2-5,8H2,1H3. The molecule has 0 saturated carbocycles. The van der Waals surface area contributed by atoms with Crippen LogP contribution in [-0.2, 0) is 42.1 Å². The van der Waals surface area contributed by atoms with Gasteiger partial charge in [0.15, 0.2) is 0 Å². The summed E-state index contributed by atoms with van der Waals surface area (Å²) in [6.45, 7) is 5.27. The van der Waals surface area contributed by atoms with E-state index in [2.05, 4.69) is 25.0 Å². The van der Waals surface area contributed by atoms with Gasteiger partial charge in [-0.2, -0.15) is 0 Å². The zero-order valence-electron chi connectivity index (χ0n) is 28.5. The summed E-state index contributed by atoms with van der Waals surface area (Å²) in [6.07, 6.45) is 1.48. The van der Waals surface area contributed by atoms with Crippen molar-refractivity contribution in [2.45, 2.75) is 55.7 Å². The highest BCUT2D eigenvalue weighted by Gasteiger charge is 2.29. The van der Waals surface area contributed by atoms with E-state index in [0.29, 0.717) is 34.2 Å². The third kappa shape index (κ3) is 10.3. The van der Waals surface area contributed by atoms with E-state index >= 15 is 0 Å². The first kappa shape index (κ1) is 39.6. The smallest absolute Gasteiger partial charge is 0.339 e. The number of esters is 2. The molecule has 6 rings (SSSR count). The van der Waals surface area contributed by atoms with Gasteiger partial charge in [0.2, 0.25) is 10.7 Å². The number of aromatic nitrogens is 4. The molecule has 4 heterocycles. The molecule has 0 atom stereocenters. The Morgan fingerprint density at radius 2 is 1.77 bits per heavy atom. The van der Waals surface area contributed by atoms with Crippen molar-refractivity contribution in [3.63, 3.8) is 0 Å². The monoisotopic (exact) mass is 809 g/mol. The molecule has 16 nitrogen and oxygen atoms in total. The predicted molar refractivity (Wildman–Crippen MR) is 192 cm³/mol. The Bertz CT molecular complexity index is 2250. The number of hydrogen-bond donors (Lipinski definition) is 2. The van der Waals surface area contributed by atoms with Crippen LogP contribution in [0.5, 0.6) is 0 Å². The number of benzene rings is 2. The first-order valence-corrected chi connectivity index (χ1v) is 19.5. The van der Waals surface area contributed by atoms with Gasteiger partial charge < -0.3 is 14.2 Å². The SMILES string of the molecule is COC(=O)CSc1cc(N=c2sc(=O)n3n2CCCC3)c(F)cc1Cl.Cc1cc(C)nc(NC(=O)NS(=O)(=O)c2ccccc2C(=O)OC2COC2)n1. The molecule has 2 aromatic heterocycles. The first-order chi connectivity index (χ1) is 25.2. The molecule has 0 radical (unpaired) electrons. The molecule has 53 heavy (non-hydrogen) atoms. The number of carbonyl (C=O) groups is 3. The van der Waals surface area contributed by atoms with E-state index < -0.39 is 39.9 Å². The average Bonchev–Trinajstić information content (AvgIpc) is 3.40.